The first kappa shape index (κ1) is 11.7. The lowest BCUT2D eigenvalue weighted by Crippen LogP contribution is -2.37. The summed E-state index contributed by atoms with van der Waals surface area (Å²) in [6.45, 7) is 3.15. The predicted molar refractivity (Wildman–Crippen MR) is 65.0 cm³/mol. The number of nitrogens with zero attached hydrogens (tertiary/aromatic N) is 2. The summed E-state index contributed by atoms with van der Waals surface area (Å²) in [5.41, 5.74) is 8.57. The predicted octanol–water partition coefficient (Wildman–Crippen LogP) is 1.83. The average molecular weight is 235 g/mol. The van der Waals surface area contributed by atoms with Crippen molar-refractivity contribution in [2.24, 2.45) is 0 Å². The first-order chi connectivity index (χ1) is 8.08. The highest BCUT2D eigenvalue weighted by molar-refractivity contribution is 5.65. The number of hydrogen-bond acceptors (Lipinski definition) is 3. The van der Waals surface area contributed by atoms with Crippen LogP contribution < -0.4 is 5.73 Å². The van der Waals surface area contributed by atoms with Gasteiger partial charge in [0, 0.05) is 18.8 Å². The van der Waals surface area contributed by atoms with Gasteiger partial charge in [-0.3, -0.25) is 4.98 Å². The monoisotopic (exact) mass is 235 g/mol. The van der Waals surface area contributed by atoms with Gasteiger partial charge in [0.05, 0.1) is 11.9 Å². The zero-order chi connectivity index (χ0) is 12.4. The minimum Gasteiger partial charge on any atom is -0.465 e. The summed E-state index contributed by atoms with van der Waals surface area (Å²) in [6, 6.07) is 1.96. The van der Waals surface area contributed by atoms with Crippen molar-refractivity contribution in [2.75, 3.05) is 18.8 Å². The van der Waals surface area contributed by atoms with E-state index in [1.54, 1.807) is 6.20 Å². The fourth-order valence-corrected chi connectivity index (χ4v) is 2.36. The number of carboxylic acid groups (broad SMARTS) is 1. The third-order valence-electron chi connectivity index (χ3n) is 3.35. The maximum absolute atomic E-state index is 10.8. The zero-order valence-electron chi connectivity index (χ0n) is 9.89. The first-order valence-electron chi connectivity index (χ1n) is 5.78. The Labute approximate surface area is 100 Å². The van der Waals surface area contributed by atoms with E-state index in [-0.39, 0.29) is 0 Å². The molecule has 0 aliphatic carbocycles. The van der Waals surface area contributed by atoms with Gasteiger partial charge in [0.1, 0.15) is 0 Å². The van der Waals surface area contributed by atoms with E-state index < -0.39 is 6.09 Å². The molecular formula is C12H17N3O2. The molecule has 5 heteroatoms. The molecule has 2 heterocycles. The summed E-state index contributed by atoms with van der Waals surface area (Å²) < 4.78 is 0. The molecule has 1 saturated heterocycles. The van der Waals surface area contributed by atoms with Crippen LogP contribution >= 0.6 is 0 Å². The maximum Gasteiger partial charge on any atom is 0.407 e. The summed E-state index contributed by atoms with van der Waals surface area (Å²) in [5, 5.41) is 8.89. The summed E-state index contributed by atoms with van der Waals surface area (Å²) in [6.07, 6.45) is 2.52. The fourth-order valence-electron chi connectivity index (χ4n) is 2.36. The lowest BCUT2D eigenvalue weighted by Gasteiger charge is -2.30. The number of aryl methyl sites for hydroxylation is 1. The molecule has 2 rings (SSSR count). The Hall–Kier alpha value is -1.78. The number of nitrogen functional groups attached to an aromatic ring is 1. The van der Waals surface area contributed by atoms with Gasteiger partial charge in [-0.1, -0.05) is 0 Å². The molecule has 5 nitrogen and oxygen atoms in total. The van der Waals surface area contributed by atoms with E-state index in [0.29, 0.717) is 24.7 Å². The highest BCUT2D eigenvalue weighted by Crippen LogP contribution is 2.30. The molecule has 1 aromatic rings. The molecule has 0 spiro atoms. The molecule has 0 bridgehead atoms. The van der Waals surface area contributed by atoms with Crippen LogP contribution in [0.5, 0.6) is 0 Å². The Balaban J connectivity index is 2.10. The van der Waals surface area contributed by atoms with Gasteiger partial charge in [-0.15, -0.1) is 0 Å². The molecule has 1 amide bonds. The van der Waals surface area contributed by atoms with Crippen LogP contribution in [-0.4, -0.2) is 34.2 Å². The van der Waals surface area contributed by atoms with Crippen molar-refractivity contribution in [2.45, 2.75) is 25.7 Å². The Bertz CT molecular complexity index is 426. The number of anilines is 1. The number of piperidine rings is 1. The fraction of sp³-hybridized carbons (Fsp3) is 0.500. The normalized spacial score (nSPS) is 17.1. The number of nitrogens with two attached hydrogens (primary N) is 1. The van der Waals surface area contributed by atoms with Gasteiger partial charge in [0.2, 0.25) is 0 Å². The molecule has 0 aromatic carbocycles. The van der Waals surface area contributed by atoms with E-state index in [1.165, 1.54) is 4.90 Å². The van der Waals surface area contributed by atoms with Crippen molar-refractivity contribution in [3.05, 3.63) is 23.5 Å². The Morgan fingerprint density at radius 1 is 1.53 bits per heavy atom. The van der Waals surface area contributed by atoms with Crippen LogP contribution in [0.2, 0.25) is 0 Å². The minimum absolute atomic E-state index is 0.376. The third kappa shape index (κ3) is 2.49. The smallest absolute Gasteiger partial charge is 0.407 e. The molecule has 0 atom stereocenters. The molecule has 0 radical (unpaired) electrons. The molecule has 1 aliphatic rings. The van der Waals surface area contributed by atoms with Crippen LogP contribution in [0.3, 0.4) is 0 Å². The second kappa shape index (κ2) is 4.61. The molecule has 92 valence electrons. The summed E-state index contributed by atoms with van der Waals surface area (Å²) >= 11 is 0. The van der Waals surface area contributed by atoms with Gasteiger partial charge in [0.15, 0.2) is 0 Å². The van der Waals surface area contributed by atoms with Crippen LogP contribution in [0.1, 0.15) is 30.0 Å². The Morgan fingerprint density at radius 2 is 2.18 bits per heavy atom. The van der Waals surface area contributed by atoms with Crippen molar-refractivity contribution in [3.63, 3.8) is 0 Å². The van der Waals surface area contributed by atoms with Crippen LogP contribution in [0.25, 0.3) is 0 Å². The largest absolute Gasteiger partial charge is 0.465 e. The summed E-state index contributed by atoms with van der Waals surface area (Å²) in [5.74, 6) is 0.376. The van der Waals surface area contributed by atoms with E-state index in [4.69, 9.17) is 10.8 Å². The van der Waals surface area contributed by atoms with Crippen LogP contribution in [0.15, 0.2) is 12.3 Å². The molecule has 0 saturated carbocycles. The van der Waals surface area contributed by atoms with Gasteiger partial charge in [-0.25, -0.2) is 4.79 Å². The van der Waals surface area contributed by atoms with Gasteiger partial charge in [-0.2, -0.15) is 0 Å². The molecule has 1 fully saturated rings. The van der Waals surface area contributed by atoms with Crippen molar-refractivity contribution in [3.8, 4) is 0 Å². The van der Waals surface area contributed by atoms with Gasteiger partial charge in [-0.05, 0) is 37.3 Å². The van der Waals surface area contributed by atoms with E-state index in [9.17, 15) is 4.79 Å². The highest BCUT2D eigenvalue weighted by Gasteiger charge is 2.24. The minimum atomic E-state index is -0.828. The molecule has 1 aliphatic heterocycles. The van der Waals surface area contributed by atoms with Crippen LogP contribution in [0.4, 0.5) is 10.5 Å². The number of pyridine rings is 1. The SMILES string of the molecule is Cc1ncc(N)cc1C1CCN(C(=O)O)CC1. The number of rotatable bonds is 1. The maximum atomic E-state index is 10.8. The van der Waals surface area contributed by atoms with Crippen LogP contribution in [0, 0.1) is 6.92 Å². The van der Waals surface area contributed by atoms with E-state index in [0.717, 1.165) is 24.1 Å². The van der Waals surface area contributed by atoms with E-state index in [2.05, 4.69) is 4.98 Å². The van der Waals surface area contributed by atoms with Crippen molar-refractivity contribution < 1.29 is 9.90 Å². The standard InChI is InChI=1S/C12H17N3O2/c1-8-11(6-10(13)7-14-8)9-2-4-15(5-3-9)12(16)17/h6-7,9H,2-5,13H2,1H3,(H,16,17). The van der Waals surface area contributed by atoms with Crippen molar-refractivity contribution in [1.82, 2.24) is 9.88 Å². The summed E-state index contributed by atoms with van der Waals surface area (Å²) in [7, 11) is 0. The number of hydrogen-bond donors (Lipinski definition) is 2. The van der Waals surface area contributed by atoms with Crippen LogP contribution in [-0.2, 0) is 0 Å². The lowest BCUT2D eigenvalue weighted by atomic mass is 9.88. The number of likely N-dealkylation sites (tertiary alicyclic amines) is 1. The molecular weight excluding hydrogens is 218 g/mol. The van der Waals surface area contributed by atoms with E-state index in [1.807, 2.05) is 13.0 Å². The van der Waals surface area contributed by atoms with Crippen molar-refractivity contribution in [1.29, 1.82) is 0 Å². The van der Waals surface area contributed by atoms with Crippen molar-refractivity contribution >= 4 is 11.8 Å². The number of aromatic nitrogens is 1. The highest BCUT2D eigenvalue weighted by atomic mass is 16.4. The Morgan fingerprint density at radius 3 is 2.76 bits per heavy atom. The second-order valence-electron chi connectivity index (χ2n) is 4.49. The quantitative estimate of drug-likeness (QED) is 0.778. The molecule has 17 heavy (non-hydrogen) atoms. The number of amides is 1. The van der Waals surface area contributed by atoms with Gasteiger partial charge >= 0.3 is 6.09 Å². The molecule has 0 unspecified atom stereocenters. The third-order valence-corrected chi connectivity index (χ3v) is 3.35. The Kier molecular flexibility index (Phi) is 3.17. The summed E-state index contributed by atoms with van der Waals surface area (Å²) in [4.78, 5) is 16.5. The second-order valence-corrected chi connectivity index (χ2v) is 4.49. The zero-order valence-corrected chi connectivity index (χ0v) is 9.89. The number of carbonyl (C=O) groups is 1. The molecule has 1 aromatic heterocycles. The first-order valence-corrected chi connectivity index (χ1v) is 5.78. The van der Waals surface area contributed by atoms with Gasteiger partial charge in [0.25, 0.3) is 0 Å². The van der Waals surface area contributed by atoms with Gasteiger partial charge < -0.3 is 15.7 Å². The topological polar surface area (TPSA) is 79.5 Å². The van der Waals surface area contributed by atoms with E-state index >= 15 is 0 Å². The lowest BCUT2D eigenvalue weighted by molar-refractivity contribution is 0.132. The average Bonchev–Trinajstić information content (AvgIpc) is 2.32. The molecule has 3 N–H and O–H groups in total.